The van der Waals surface area contributed by atoms with Crippen molar-refractivity contribution in [2.75, 3.05) is 6.54 Å². The van der Waals surface area contributed by atoms with Gasteiger partial charge >= 0.3 is 0 Å². The molecule has 1 aromatic carbocycles. The molecule has 1 aliphatic rings. The van der Waals surface area contributed by atoms with Crippen LogP contribution in [0, 0.1) is 0 Å². The Kier molecular flexibility index (Phi) is 4.76. The van der Waals surface area contributed by atoms with Gasteiger partial charge in [0.05, 0.1) is 6.04 Å². The van der Waals surface area contributed by atoms with E-state index in [9.17, 15) is 4.79 Å². The fraction of sp³-hybridized carbons (Fsp3) is 0.533. The van der Waals surface area contributed by atoms with Crippen molar-refractivity contribution in [1.82, 2.24) is 10.6 Å². The molecule has 0 bridgehead atoms. The van der Waals surface area contributed by atoms with Crippen molar-refractivity contribution in [3.8, 4) is 0 Å². The predicted molar refractivity (Wildman–Crippen MR) is 73.3 cm³/mol. The topological polar surface area (TPSA) is 41.1 Å². The fourth-order valence-electron chi connectivity index (χ4n) is 2.28. The van der Waals surface area contributed by atoms with E-state index in [4.69, 9.17) is 0 Å². The van der Waals surface area contributed by atoms with E-state index in [1.807, 2.05) is 0 Å². The zero-order chi connectivity index (χ0) is 12.8. The Bertz CT molecular complexity index is 380. The first-order valence-electron chi connectivity index (χ1n) is 6.88. The van der Waals surface area contributed by atoms with E-state index in [-0.39, 0.29) is 11.9 Å². The van der Waals surface area contributed by atoms with Gasteiger partial charge in [-0.1, -0.05) is 37.6 Å². The Labute approximate surface area is 109 Å². The number of carbonyl (C=O) groups excluding carboxylic acids is 1. The van der Waals surface area contributed by atoms with Gasteiger partial charge < -0.3 is 10.6 Å². The molecule has 18 heavy (non-hydrogen) atoms. The fourth-order valence-corrected chi connectivity index (χ4v) is 2.28. The quantitative estimate of drug-likeness (QED) is 0.853. The molecule has 1 amide bonds. The highest BCUT2D eigenvalue weighted by atomic mass is 16.2. The molecule has 1 fully saturated rings. The van der Waals surface area contributed by atoms with Crippen molar-refractivity contribution < 1.29 is 4.79 Å². The molecule has 0 saturated carbocycles. The van der Waals surface area contributed by atoms with Crippen LogP contribution in [-0.2, 0) is 17.8 Å². The third kappa shape index (κ3) is 3.57. The van der Waals surface area contributed by atoms with E-state index in [1.165, 1.54) is 12.0 Å². The summed E-state index contributed by atoms with van der Waals surface area (Å²) in [6.07, 6.45) is 4.35. The number of carbonyl (C=O) groups is 1. The molecule has 0 radical (unpaired) electrons. The van der Waals surface area contributed by atoms with Crippen molar-refractivity contribution in [3.05, 3.63) is 35.4 Å². The second kappa shape index (κ2) is 6.55. The molecule has 1 unspecified atom stereocenters. The molecule has 0 aromatic heterocycles. The Balaban J connectivity index is 1.80. The number of rotatable bonds is 4. The number of hydrogen-bond donors (Lipinski definition) is 2. The third-order valence-corrected chi connectivity index (χ3v) is 3.52. The van der Waals surface area contributed by atoms with Crippen LogP contribution in [0.4, 0.5) is 0 Å². The van der Waals surface area contributed by atoms with Gasteiger partial charge in [0.1, 0.15) is 0 Å². The lowest BCUT2D eigenvalue weighted by Crippen LogP contribution is -2.46. The van der Waals surface area contributed by atoms with Gasteiger partial charge in [-0.2, -0.15) is 0 Å². The molecule has 3 nitrogen and oxygen atoms in total. The Morgan fingerprint density at radius 3 is 2.61 bits per heavy atom. The third-order valence-electron chi connectivity index (χ3n) is 3.52. The number of nitrogens with one attached hydrogen (secondary N) is 2. The van der Waals surface area contributed by atoms with Gasteiger partial charge in [0.15, 0.2) is 0 Å². The first-order valence-corrected chi connectivity index (χ1v) is 6.88. The Morgan fingerprint density at radius 2 is 2.00 bits per heavy atom. The van der Waals surface area contributed by atoms with Crippen LogP contribution in [0.25, 0.3) is 0 Å². The van der Waals surface area contributed by atoms with Gasteiger partial charge in [-0.25, -0.2) is 0 Å². The van der Waals surface area contributed by atoms with E-state index in [2.05, 4.69) is 41.8 Å². The van der Waals surface area contributed by atoms with Gasteiger partial charge in [0.2, 0.25) is 5.91 Å². The Morgan fingerprint density at radius 1 is 1.28 bits per heavy atom. The minimum absolute atomic E-state index is 0.00802. The lowest BCUT2D eigenvalue weighted by Gasteiger charge is -2.22. The van der Waals surface area contributed by atoms with Gasteiger partial charge in [0, 0.05) is 6.54 Å². The number of amides is 1. The molecule has 3 heteroatoms. The van der Waals surface area contributed by atoms with Crippen molar-refractivity contribution in [1.29, 1.82) is 0 Å². The largest absolute Gasteiger partial charge is 0.351 e. The molecule has 0 aliphatic carbocycles. The average Bonchev–Trinajstić information content (AvgIpc) is 2.46. The van der Waals surface area contributed by atoms with Crippen molar-refractivity contribution >= 4 is 5.91 Å². The standard InChI is InChI=1S/C15H22N2O/c1-2-12-6-8-13(9-7-12)11-17-15(18)14-5-3-4-10-16-14/h6-9,14,16H,2-5,10-11H2,1H3,(H,17,18). The monoisotopic (exact) mass is 246 g/mol. The minimum Gasteiger partial charge on any atom is -0.351 e. The van der Waals surface area contributed by atoms with Crippen LogP contribution in [0.3, 0.4) is 0 Å². The number of aryl methyl sites for hydroxylation is 1. The van der Waals surface area contributed by atoms with Crippen molar-refractivity contribution in [2.24, 2.45) is 0 Å². The summed E-state index contributed by atoms with van der Waals surface area (Å²) in [6, 6.07) is 8.44. The lowest BCUT2D eigenvalue weighted by atomic mass is 10.0. The maximum atomic E-state index is 11.9. The molecule has 1 atom stereocenters. The zero-order valence-corrected chi connectivity index (χ0v) is 11.0. The van der Waals surface area contributed by atoms with Crippen LogP contribution in [0.5, 0.6) is 0 Å². The van der Waals surface area contributed by atoms with Crippen LogP contribution < -0.4 is 10.6 Å². The second-order valence-corrected chi connectivity index (χ2v) is 4.89. The van der Waals surface area contributed by atoms with E-state index in [0.29, 0.717) is 6.54 Å². The van der Waals surface area contributed by atoms with Crippen LogP contribution in [0.15, 0.2) is 24.3 Å². The van der Waals surface area contributed by atoms with Gasteiger partial charge in [-0.05, 0) is 36.9 Å². The van der Waals surface area contributed by atoms with Gasteiger partial charge in [-0.3, -0.25) is 4.79 Å². The maximum Gasteiger partial charge on any atom is 0.237 e. The number of piperidine rings is 1. The first kappa shape index (κ1) is 13.1. The van der Waals surface area contributed by atoms with E-state index < -0.39 is 0 Å². The highest BCUT2D eigenvalue weighted by Gasteiger charge is 2.19. The summed E-state index contributed by atoms with van der Waals surface area (Å²) < 4.78 is 0. The summed E-state index contributed by atoms with van der Waals surface area (Å²) in [5.41, 5.74) is 2.50. The number of benzene rings is 1. The van der Waals surface area contributed by atoms with Crippen LogP contribution in [-0.4, -0.2) is 18.5 Å². The molecule has 1 heterocycles. The summed E-state index contributed by atoms with van der Waals surface area (Å²) in [5, 5.41) is 6.27. The summed E-state index contributed by atoms with van der Waals surface area (Å²) >= 11 is 0. The second-order valence-electron chi connectivity index (χ2n) is 4.89. The van der Waals surface area contributed by atoms with Crippen LogP contribution in [0.2, 0.25) is 0 Å². The average molecular weight is 246 g/mol. The zero-order valence-electron chi connectivity index (χ0n) is 11.0. The molecule has 0 spiro atoms. The normalized spacial score (nSPS) is 19.5. The predicted octanol–water partition coefficient (Wildman–Crippen LogP) is 2.01. The highest BCUT2D eigenvalue weighted by molar-refractivity contribution is 5.81. The lowest BCUT2D eigenvalue weighted by molar-refractivity contribution is -0.123. The molecular formula is C15H22N2O. The summed E-state index contributed by atoms with van der Waals surface area (Å²) in [6.45, 7) is 3.73. The Hall–Kier alpha value is -1.35. The SMILES string of the molecule is CCc1ccc(CNC(=O)C2CCCCN2)cc1. The van der Waals surface area contributed by atoms with Gasteiger partial charge in [-0.15, -0.1) is 0 Å². The summed E-state index contributed by atoms with van der Waals surface area (Å²) in [5.74, 6) is 0.134. The van der Waals surface area contributed by atoms with Crippen LogP contribution >= 0.6 is 0 Å². The summed E-state index contributed by atoms with van der Waals surface area (Å²) in [7, 11) is 0. The smallest absolute Gasteiger partial charge is 0.237 e. The minimum atomic E-state index is 0.00802. The molecule has 2 N–H and O–H groups in total. The van der Waals surface area contributed by atoms with E-state index in [1.54, 1.807) is 0 Å². The van der Waals surface area contributed by atoms with E-state index >= 15 is 0 Å². The number of hydrogen-bond acceptors (Lipinski definition) is 2. The molecule has 2 rings (SSSR count). The molecule has 98 valence electrons. The molecule has 1 aliphatic heterocycles. The van der Waals surface area contributed by atoms with Crippen LogP contribution in [0.1, 0.15) is 37.3 Å². The molecular weight excluding hydrogens is 224 g/mol. The first-order chi connectivity index (χ1) is 8.79. The van der Waals surface area contributed by atoms with Gasteiger partial charge in [0.25, 0.3) is 0 Å². The highest BCUT2D eigenvalue weighted by Crippen LogP contribution is 2.08. The maximum absolute atomic E-state index is 11.9. The van der Waals surface area contributed by atoms with E-state index in [0.717, 1.165) is 31.4 Å². The van der Waals surface area contributed by atoms with Crippen molar-refractivity contribution in [2.45, 2.75) is 45.2 Å². The molecule has 1 aromatic rings. The molecule has 1 saturated heterocycles. The summed E-state index contributed by atoms with van der Waals surface area (Å²) in [4.78, 5) is 11.9. The van der Waals surface area contributed by atoms with Crippen molar-refractivity contribution in [3.63, 3.8) is 0 Å².